The van der Waals surface area contributed by atoms with E-state index in [9.17, 15) is 9.59 Å². The maximum absolute atomic E-state index is 12.5. The fourth-order valence-electron chi connectivity index (χ4n) is 2.80. The number of nitrogens with zero attached hydrogens (tertiary/aromatic N) is 1. The third kappa shape index (κ3) is 5.03. The molecule has 0 bridgehead atoms. The van der Waals surface area contributed by atoms with E-state index in [1.165, 1.54) is 7.11 Å². The Morgan fingerprint density at radius 2 is 1.83 bits per heavy atom. The molecule has 1 amide bonds. The van der Waals surface area contributed by atoms with Crippen molar-refractivity contribution in [1.29, 1.82) is 0 Å². The van der Waals surface area contributed by atoms with Gasteiger partial charge in [-0.15, -0.1) is 12.4 Å². The number of hydrogen-bond acceptors (Lipinski definition) is 4. The van der Waals surface area contributed by atoms with Gasteiger partial charge in [0.05, 0.1) is 6.61 Å². The first-order valence-corrected chi connectivity index (χ1v) is 7.67. The monoisotopic (exact) mass is 340 g/mol. The maximum Gasteiger partial charge on any atom is 0.241 e. The normalized spacial score (nSPS) is 16.6. The molecule has 0 radical (unpaired) electrons. The second kappa shape index (κ2) is 9.01. The van der Waals surface area contributed by atoms with E-state index in [4.69, 9.17) is 10.5 Å². The van der Waals surface area contributed by atoms with Gasteiger partial charge in [0.25, 0.3) is 0 Å². The highest BCUT2D eigenvalue weighted by Gasteiger charge is 2.29. The Kier molecular flexibility index (Phi) is 7.68. The van der Waals surface area contributed by atoms with Crippen LogP contribution in [-0.4, -0.2) is 49.4 Å². The summed E-state index contributed by atoms with van der Waals surface area (Å²) in [4.78, 5) is 26.3. The van der Waals surface area contributed by atoms with Crippen LogP contribution in [0, 0.1) is 12.8 Å². The number of hydrogen-bond donors (Lipinski definition) is 1. The summed E-state index contributed by atoms with van der Waals surface area (Å²) in [6.07, 6.45) is 1.39. The van der Waals surface area contributed by atoms with Crippen molar-refractivity contribution in [3.8, 4) is 0 Å². The van der Waals surface area contributed by atoms with E-state index in [0.29, 0.717) is 25.9 Å². The Balaban J connectivity index is 0.00000264. The minimum absolute atomic E-state index is 0. The van der Waals surface area contributed by atoms with Crippen LogP contribution in [0.25, 0.3) is 0 Å². The maximum atomic E-state index is 12.5. The summed E-state index contributed by atoms with van der Waals surface area (Å²) < 4.78 is 4.92. The van der Waals surface area contributed by atoms with Crippen molar-refractivity contribution >= 4 is 24.1 Å². The molecule has 1 aliphatic heterocycles. The number of carbonyl (C=O) groups excluding carboxylic acids is 2. The van der Waals surface area contributed by atoms with Crippen molar-refractivity contribution in [3.05, 3.63) is 35.4 Å². The molecule has 0 spiro atoms. The lowest BCUT2D eigenvalue weighted by atomic mass is 9.88. The SMILES string of the molecule is COCC(N)C(=O)N1CCC(C(=O)c2ccc(C)cc2)CC1.Cl. The van der Waals surface area contributed by atoms with E-state index in [-0.39, 0.29) is 36.6 Å². The van der Waals surface area contributed by atoms with Crippen molar-refractivity contribution < 1.29 is 14.3 Å². The molecule has 23 heavy (non-hydrogen) atoms. The zero-order valence-corrected chi connectivity index (χ0v) is 14.5. The second-order valence-electron chi connectivity index (χ2n) is 5.89. The second-order valence-corrected chi connectivity index (χ2v) is 5.89. The molecule has 1 unspecified atom stereocenters. The topological polar surface area (TPSA) is 72.6 Å². The molecule has 2 rings (SSSR count). The van der Waals surface area contributed by atoms with Crippen LogP contribution in [0.15, 0.2) is 24.3 Å². The number of nitrogens with two attached hydrogens (primary N) is 1. The number of aryl methyl sites for hydroxylation is 1. The van der Waals surface area contributed by atoms with Gasteiger partial charge >= 0.3 is 0 Å². The van der Waals surface area contributed by atoms with Crippen LogP contribution in [0.4, 0.5) is 0 Å². The van der Waals surface area contributed by atoms with Gasteiger partial charge in [0, 0.05) is 31.7 Å². The third-order valence-corrected chi connectivity index (χ3v) is 4.18. The van der Waals surface area contributed by atoms with Crippen LogP contribution in [0.2, 0.25) is 0 Å². The number of piperidine rings is 1. The molecular formula is C17H25ClN2O3. The number of ketones is 1. The molecule has 5 nitrogen and oxygen atoms in total. The van der Waals surface area contributed by atoms with Crippen LogP contribution in [-0.2, 0) is 9.53 Å². The summed E-state index contributed by atoms with van der Waals surface area (Å²) in [5, 5.41) is 0. The van der Waals surface area contributed by atoms with Gasteiger partial charge in [-0.1, -0.05) is 29.8 Å². The van der Waals surface area contributed by atoms with Gasteiger partial charge in [0.15, 0.2) is 5.78 Å². The highest BCUT2D eigenvalue weighted by atomic mass is 35.5. The molecule has 1 heterocycles. The summed E-state index contributed by atoms with van der Waals surface area (Å²) >= 11 is 0. The molecule has 128 valence electrons. The van der Waals surface area contributed by atoms with Crippen LogP contribution in [0.3, 0.4) is 0 Å². The molecule has 1 saturated heterocycles. The third-order valence-electron chi connectivity index (χ3n) is 4.18. The van der Waals surface area contributed by atoms with Crippen LogP contribution >= 0.6 is 12.4 Å². The fourth-order valence-corrected chi connectivity index (χ4v) is 2.80. The molecule has 1 aromatic carbocycles. The van der Waals surface area contributed by atoms with Gasteiger partial charge in [0.2, 0.25) is 5.91 Å². The minimum Gasteiger partial charge on any atom is -0.383 e. The van der Waals surface area contributed by atoms with E-state index in [1.54, 1.807) is 4.90 Å². The molecular weight excluding hydrogens is 316 g/mol. The number of rotatable bonds is 5. The summed E-state index contributed by atoms with van der Waals surface area (Å²) in [7, 11) is 1.53. The van der Waals surface area contributed by atoms with Gasteiger partial charge in [-0.25, -0.2) is 0 Å². The van der Waals surface area contributed by atoms with Gasteiger partial charge in [0.1, 0.15) is 6.04 Å². The number of amides is 1. The lowest BCUT2D eigenvalue weighted by Gasteiger charge is -2.32. The molecule has 2 N–H and O–H groups in total. The predicted octanol–water partition coefficient (Wildman–Crippen LogP) is 1.81. The Morgan fingerprint density at radius 1 is 1.26 bits per heavy atom. The number of benzene rings is 1. The van der Waals surface area contributed by atoms with Crippen molar-refractivity contribution in [3.63, 3.8) is 0 Å². The number of Topliss-reactive ketones (excluding diaryl/α,β-unsaturated/α-hetero) is 1. The molecule has 1 atom stereocenters. The van der Waals surface area contributed by atoms with Crippen molar-refractivity contribution in [2.24, 2.45) is 11.7 Å². The fraction of sp³-hybridized carbons (Fsp3) is 0.529. The number of carbonyl (C=O) groups is 2. The zero-order valence-electron chi connectivity index (χ0n) is 13.7. The molecule has 1 fully saturated rings. The van der Waals surface area contributed by atoms with Gasteiger partial charge < -0.3 is 15.4 Å². The highest BCUT2D eigenvalue weighted by Crippen LogP contribution is 2.22. The lowest BCUT2D eigenvalue weighted by Crippen LogP contribution is -2.49. The Labute approximate surface area is 143 Å². The van der Waals surface area contributed by atoms with Crippen molar-refractivity contribution in [2.75, 3.05) is 26.8 Å². The standard InChI is InChI=1S/C17H24N2O3.ClH/c1-12-3-5-13(6-4-12)16(20)14-7-9-19(10-8-14)17(21)15(18)11-22-2;/h3-6,14-15H,7-11,18H2,1-2H3;1H. The molecule has 6 heteroatoms. The predicted molar refractivity (Wildman–Crippen MR) is 91.9 cm³/mol. The van der Waals surface area contributed by atoms with E-state index >= 15 is 0 Å². The molecule has 0 aromatic heterocycles. The smallest absolute Gasteiger partial charge is 0.241 e. The number of methoxy groups -OCH3 is 1. The van der Waals surface area contributed by atoms with Crippen molar-refractivity contribution in [1.82, 2.24) is 4.90 Å². The first kappa shape index (κ1) is 19.6. The molecule has 0 saturated carbocycles. The molecule has 1 aliphatic rings. The highest BCUT2D eigenvalue weighted by molar-refractivity contribution is 5.98. The van der Waals surface area contributed by atoms with Gasteiger partial charge in [-0.3, -0.25) is 9.59 Å². The lowest BCUT2D eigenvalue weighted by molar-refractivity contribution is -0.135. The minimum atomic E-state index is -0.616. The van der Waals surface area contributed by atoms with E-state index in [1.807, 2.05) is 31.2 Å². The summed E-state index contributed by atoms with van der Waals surface area (Å²) in [5.41, 5.74) is 7.67. The van der Waals surface area contributed by atoms with Gasteiger partial charge in [-0.2, -0.15) is 0 Å². The Hall–Kier alpha value is -1.43. The van der Waals surface area contributed by atoms with Gasteiger partial charge in [-0.05, 0) is 19.8 Å². The van der Waals surface area contributed by atoms with Crippen LogP contribution in [0.1, 0.15) is 28.8 Å². The van der Waals surface area contributed by atoms with E-state index in [2.05, 4.69) is 0 Å². The molecule has 0 aliphatic carbocycles. The number of likely N-dealkylation sites (tertiary alicyclic amines) is 1. The van der Waals surface area contributed by atoms with E-state index < -0.39 is 6.04 Å². The number of halogens is 1. The first-order valence-electron chi connectivity index (χ1n) is 7.67. The summed E-state index contributed by atoms with van der Waals surface area (Å²) in [6, 6.07) is 7.05. The van der Waals surface area contributed by atoms with Crippen molar-refractivity contribution in [2.45, 2.75) is 25.8 Å². The number of ether oxygens (including phenoxy) is 1. The average molecular weight is 341 g/mol. The first-order chi connectivity index (χ1) is 10.5. The average Bonchev–Trinajstić information content (AvgIpc) is 2.54. The Morgan fingerprint density at radius 3 is 2.35 bits per heavy atom. The van der Waals surface area contributed by atoms with E-state index in [0.717, 1.165) is 11.1 Å². The molecule has 1 aromatic rings. The van der Waals surface area contributed by atoms with Crippen LogP contribution < -0.4 is 5.73 Å². The summed E-state index contributed by atoms with van der Waals surface area (Å²) in [5.74, 6) is 0.0711. The quantitative estimate of drug-likeness (QED) is 0.830. The zero-order chi connectivity index (χ0) is 16.1. The van der Waals surface area contributed by atoms with Crippen LogP contribution in [0.5, 0.6) is 0 Å². The Bertz CT molecular complexity index is 525. The summed E-state index contributed by atoms with van der Waals surface area (Å²) in [6.45, 7) is 3.39. The largest absolute Gasteiger partial charge is 0.383 e.